The first-order chi connectivity index (χ1) is 19.3. The number of nitrogens with zero attached hydrogens (tertiary/aromatic N) is 7. The first-order valence-corrected chi connectivity index (χ1v) is 12.7. The highest BCUT2D eigenvalue weighted by Crippen LogP contribution is 2.37. The highest BCUT2D eigenvalue weighted by molar-refractivity contribution is 6.33. The van der Waals surface area contributed by atoms with Crippen LogP contribution in [0, 0.1) is 0 Å². The van der Waals surface area contributed by atoms with Crippen molar-refractivity contribution in [3.8, 4) is 17.1 Å². The molecule has 4 heterocycles. The molecule has 0 bridgehead atoms. The third-order valence-corrected chi connectivity index (χ3v) is 6.80. The van der Waals surface area contributed by atoms with Gasteiger partial charge in [-0.2, -0.15) is 9.90 Å². The minimum Gasteiger partial charge on any atom is -0.481 e. The molecule has 0 saturated heterocycles. The Morgan fingerprint density at radius 2 is 2.05 bits per heavy atom. The number of hydrogen-bond acceptors (Lipinski definition) is 10. The number of benzene rings is 1. The topological polar surface area (TPSA) is 160 Å². The Hall–Kier alpha value is -4.62. The van der Waals surface area contributed by atoms with Gasteiger partial charge in [-0.3, -0.25) is 9.59 Å². The summed E-state index contributed by atoms with van der Waals surface area (Å²) in [6.07, 6.45) is 4.53. The van der Waals surface area contributed by atoms with Crippen LogP contribution in [0.4, 0.5) is 11.8 Å². The molecule has 0 radical (unpaired) electrons. The highest BCUT2D eigenvalue weighted by Gasteiger charge is 2.35. The number of rotatable bonds is 9. The van der Waals surface area contributed by atoms with Crippen LogP contribution in [-0.2, 0) is 11.8 Å². The zero-order chi connectivity index (χ0) is 28.4. The van der Waals surface area contributed by atoms with E-state index in [1.54, 1.807) is 25.2 Å². The van der Waals surface area contributed by atoms with Crippen molar-refractivity contribution in [3.63, 3.8) is 0 Å². The summed E-state index contributed by atoms with van der Waals surface area (Å²) in [7, 11) is 3.18. The van der Waals surface area contributed by atoms with Crippen molar-refractivity contribution in [2.24, 2.45) is 7.05 Å². The minimum atomic E-state index is -0.684. The van der Waals surface area contributed by atoms with Gasteiger partial charge in [0.1, 0.15) is 6.54 Å². The lowest BCUT2D eigenvalue weighted by Gasteiger charge is -2.23. The van der Waals surface area contributed by atoms with E-state index in [0.717, 1.165) is 5.56 Å². The van der Waals surface area contributed by atoms with Gasteiger partial charge in [-0.15, -0.1) is 5.10 Å². The second-order valence-corrected chi connectivity index (χ2v) is 9.49. The lowest BCUT2D eigenvalue weighted by Crippen LogP contribution is -2.41. The number of carbonyl (C=O) groups is 2. The van der Waals surface area contributed by atoms with Gasteiger partial charge in [0, 0.05) is 30.4 Å². The number of aryl methyl sites for hydroxylation is 1. The summed E-state index contributed by atoms with van der Waals surface area (Å²) in [5, 5.41) is 24.1. The highest BCUT2D eigenvalue weighted by atomic mass is 35.5. The molecule has 13 nitrogen and oxygen atoms in total. The summed E-state index contributed by atoms with van der Waals surface area (Å²) in [4.78, 5) is 42.0. The predicted molar refractivity (Wildman–Crippen MR) is 145 cm³/mol. The summed E-state index contributed by atoms with van der Waals surface area (Å²) in [5.74, 6) is 0.383. The average Bonchev–Trinajstić information content (AvgIpc) is 3.47. The molecule has 3 aromatic heterocycles. The Morgan fingerprint density at radius 1 is 1.23 bits per heavy atom. The fourth-order valence-corrected chi connectivity index (χ4v) is 4.69. The summed E-state index contributed by atoms with van der Waals surface area (Å²) in [6.45, 7) is 1.33. The van der Waals surface area contributed by atoms with Crippen molar-refractivity contribution in [2.75, 3.05) is 25.6 Å². The van der Waals surface area contributed by atoms with Crippen LogP contribution in [0.5, 0.6) is 5.88 Å². The standard InChI is InChI=1S/C26H26ClN9O4/c1-14-17-5-4-16(24-19(27)10-29-26(33-24)32-21-11-30-35(2)34-21)8-18(17)25(39)36(14)12-22(38)31-20(13-37)15-6-7-28-23(9-15)40-3/h4-11,14,20,37H,12-13H2,1-3H3,(H,31,38)(H,29,32,33,34)/t14-,20?/m1/s1. The summed E-state index contributed by atoms with van der Waals surface area (Å²) < 4.78 is 5.12. The van der Waals surface area contributed by atoms with Gasteiger partial charge in [0.2, 0.25) is 17.7 Å². The van der Waals surface area contributed by atoms with E-state index in [9.17, 15) is 14.7 Å². The van der Waals surface area contributed by atoms with Gasteiger partial charge in [0.25, 0.3) is 5.91 Å². The number of anilines is 2. The van der Waals surface area contributed by atoms with Crippen molar-refractivity contribution in [2.45, 2.75) is 19.0 Å². The van der Waals surface area contributed by atoms with Gasteiger partial charge < -0.3 is 25.4 Å². The van der Waals surface area contributed by atoms with E-state index >= 15 is 0 Å². The second-order valence-electron chi connectivity index (χ2n) is 9.08. The lowest BCUT2D eigenvalue weighted by atomic mass is 10.0. The summed E-state index contributed by atoms with van der Waals surface area (Å²) in [6, 6.07) is 7.66. The number of carbonyl (C=O) groups excluding carboxylic acids is 2. The number of aliphatic hydroxyl groups is 1. The summed E-state index contributed by atoms with van der Waals surface area (Å²) >= 11 is 6.42. The number of aliphatic hydroxyl groups excluding tert-OH is 1. The maximum Gasteiger partial charge on any atom is 0.255 e. The average molecular weight is 564 g/mol. The quantitative estimate of drug-likeness (QED) is 0.276. The van der Waals surface area contributed by atoms with Gasteiger partial charge in [0.05, 0.1) is 48.9 Å². The SMILES string of the molecule is COc1cc(C(CO)NC(=O)CN2C(=O)c3cc(-c4nc(Nc5cnn(C)n5)ncc4Cl)ccc3[C@H]2C)ccn1. The van der Waals surface area contributed by atoms with E-state index in [1.807, 2.05) is 19.1 Å². The number of aromatic nitrogens is 6. The number of fused-ring (bicyclic) bond motifs is 1. The van der Waals surface area contributed by atoms with Gasteiger partial charge in [-0.05, 0) is 30.2 Å². The van der Waals surface area contributed by atoms with Gasteiger partial charge in [-0.1, -0.05) is 23.7 Å². The third-order valence-electron chi connectivity index (χ3n) is 6.52. The first kappa shape index (κ1) is 27.0. The third kappa shape index (κ3) is 5.42. The van der Waals surface area contributed by atoms with Gasteiger partial charge >= 0.3 is 0 Å². The van der Waals surface area contributed by atoms with Gasteiger partial charge in [0.15, 0.2) is 5.82 Å². The number of halogens is 1. The molecule has 2 atom stereocenters. The van der Waals surface area contributed by atoms with E-state index in [4.69, 9.17) is 16.3 Å². The monoisotopic (exact) mass is 563 g/mol. The number of amides is 2. The smallest absolute Gasteiger partial charge is 0.255 e. The van der Waals surface area contributed by atoms with E-state index < -0.39 is 11.9 Å². The molecule has 206 valence electrons. The number of methoxy groups -OCH3 is 1. The maximum atomic E-state index is 13.4. The molecule has 3 N–H and O–H groups in total. The van der Waals surface area contributed by atoms with Crippen molar-refractivity contribution >= 4 is 35.2 Å². The molecule has 4 aromatic rings. The number of hydrogen-bond donors (Lipinski definition) is 3. The van der Waals surface area contributed by atoms with Crippen LogP contribution in [-0.4, -0.2) is 72.0 Å². The number of nitrogens with one attached hydrogen (secondary N) is 2. The number of ether oxygens (including phenoxy) is 1. The van der Waals surface area contributed by atoms with Crippen molar-refractivity contribution < 1.29 is 19.4 Å². The molecule has 0 aliphatic carbocycles. The second kappa shape index (κ2) is 11.2. The van der Waals surface area contributed by atoms with Crippen LogP contribution in [0.15, 0.2) is 48.9 Å². The Kier molecular flexibility index (Phi) is 7.58. The number of pyridine rings is 1. The minimum absolute atomic E-state index is 0.191. The zero-order valence-electron chi connectivity index (χ0n) is 21.9. The summed E-state index contributed by atoms with van der Waals surface area (Å²) in [5.41, 5.74) is 2.91. The van der Waals surface area contributed by atoms with Crippen LogP contribution < -0.4 is 15.4 Å². The van der Waals surface area contributed by atoms with Crippen LogP contribution >= 0.6 is 11.6 Å². The molecule has 0 saturated carbocycles. The Labute approximate surface area is 234 Å². The van der Waals surface area contributed by atoms with E-state index in [1.165, 1.54) is 35.4 Å². The molecule has 0 fully saturated rings. The maximum absolute atomic E-state index is 13.4. The molecular formula is C26H26ClN9O4. The fraction of sp³-hybridized carbons (Fsp3) is 0.269. The first-order valence-electron chi connectivity index (χ1n) is 12.3. The largest absolute Gasteiger partial charge is 0.481 e. The molecule has 14 heteroatoms. The fourth-order valence-electron chi connectivity index (χ4n) is 4.49. The molecule has 0 spiro atoms. The molecular weight excluding hydrogens is 538 g/mol. The zero-order valence-corrected chi connectivity index (χ0v) is 22.6. The van der Waals surface area contributed by atoms with E-state index in [0.29, 0.717) is 39.1 Å². The normalized spacial score (nSPS) is 15.1. The van der Waals surface area contributed by atoms with Gasteiger partial charge in [-0.25, -0.2) is 15.0 Å². The molecule has 2 amide bonds. The van der Waals surface area contributed by atoms with Crippen molar-refractivity contribution in [1.82, 2.24) is 40.2 Å². The van der Waals surface area contributed by atoms with Crippen LogP contribution in [0.3, 0.4) is 0 Å². The van der Waals surface area contributed by atoms with E-state index in [2.05, 4.69) is 35.8 Å². The van der Waals surface area contributed by atoms with Crippen molar-refractivity contribution in [1.29, 1.82) is 0 Å². The molecule has 5 rings (SSSR count). The predicted octanol–water partition coefficient (Wildman–Crippen LogP) is 2.44. The van der Waals surface area contributed by atoms with E-state index in [-0.39, 0.29) is 31.0 Å². The lowest BCUT2D eigenvalue weighted by molar-refractivity contribution is -0.123. The molecule has 1 aliphatic heterocycles. The van der Waals surface area contributed by atoms with Crippen LogP contribution in [0.25, 0.3) is 11.3 Å². The molecule has 40 heavy (non-hydrogen) atoms. The molecule has 1 aromatic carbocycles. The van der Waals surface area contributed by atoms with Crippen LogP contribution in [0.2, 0.25) is 5.02 Å². The Balaban J connectivity index is 1.33. The van der Waals surface area contributed by atoms with Crippen molar-refractivity contribution in [3.05, 3.63) is 70.6 Å². The molecule has 1 unspecified atom stereocenters. The Morgan fingerprint density at radius 3 is 2.77 bits per heavy atom. The van der Waals surface area contributed by atoms with Crippen LogP contribution in [0.1, 0.15) is 40.5 Å². The Bertz CT molecular complexity index is 1580. The molecule has 1 aliphatic rings.